The number of para-hydroxylation sites is 1. The summed E-state index contributed by atoms with van der Waals surface area (Å²) < 4.78 is 5.28. The second kappa shape index (κ2) is 8.26. The van der Waals surface area contributed by atoms with E-state index >= 15 is 0 Å². The zero-order valence-corrected chi connectivity index (χ0v) is 20.6. The largest absolute Gasteiger partial charge is 1.00 e. The maximum Gasteiger partial charge on any atom is 1.00 e. The predicted molar refractivity (Wildman–Crippen MR) is 114 cm³/mol. The van der Waals surface area contributed by atoms with Crippen LogP contribution in [-0.2, 0) is 9.59 Å². The Bertz CT molecular complexity index is 1230. The van der Waals surface area contributed by atoms with Crippen LogP contribution in [0.5, 0.6) is 0 Å². The summed E-state index contributed by atoms with van der Waals surface area (Å²) in [5.41, 5.74) is 1.67. The van der Waals surface area contributed by atoms with Crippen LogP contribution < -0.4 is 40.0 Å². The van der Waals surface area contributed by atoms with Crippen LogP contribution in [0.3, 0.4) is 0 Å². The fourth-order valence-corrected chi connectivity index (χ4v) is 6.02. The van der Waals surface area contributed by atoms with E-state index in [1.807, 2.05) is 42.5 Å². The van der Waals surface area contributed by atoms with E-state index in [1.165, 1.54) is 16.7 Å². The number of thioether (sulfide) groups is 1. The molecule has 2 aliphatic rings. The molecule has 2 fully saturated rings. The molecule has 0 bridgehead atoms. The van der Waals surface area contributed by atoms with Crippen molar-refractivity contribution >= 4 is 40.5 Å². The molecule has 158 valence electrons. The molecule has 2 aliphatic heterocycles. The number of rotatable bonds is 4. The van der Waals surface area contributed by atoms with Gasteiger partial charge < -0.3 is 24.5 Å². The minimum absolute atomic E-state index is 0. The van der Waals surface area contributed by atoms with E-state index in [0.29, 0.717) is 22.3 Å². The van der Waals surface area contributed by atoms with Crippen molar-refractivity contribution in [2.75, 3.05) is 0 Å². The molecular weight excluding hydrogens is 439 g/mol. The molecule has 3 unspecified atom stereocenters. The molecule has 7 nitrogen and oxygen atoms in total. The quantitative estimate of drug-likeness (QED) is 0.398. The molecule has 3 atom stereocenters. The van der Waals surface area contributed by atoms with Gasteiger partial charge in [-0.2, -0.15) is 0 Å². The van der Waals surface area contributed by atoms with E-state index in [0.717, 1.165) is 5.56 Å². The van der Waals surface area contributed by atoms with E-state index < -0.39 is 40.0 Å². The van der Waals surface area contributed by atoms with Crippen molar-refractivity contribution in [1.82, 2.24) is 10.2 Å². The Labute approximate surface area is 210 Å². The number of carboxylic acids is 1. The fraction of sp³-hybridized carbons (Fsp3) is 0.261. The van der Waals surface area contributed by atoms with Crippen molar-refractivity contribution in [2.24, 2.45) is 0 Å². The van der Waals surface area contributed by atoms with Crippen molar-refractivity contribution in [3.05, 3.63) is 60.2 Å². The zero-order chi connectivity index (χ0) is 21.9. The second-order valence-electron chi connectivity index (χ2n) is 8.20. The van der Waals surface area contributed by atoms with Gasteiger partial charge in [-0.3, -0.25) is 9.59 Å². The molecule has 3 heterocycles. The number of carboxylic acid groups (broad SMARTS) is 1. The number of nitrogens with zero attached hydrogens (tertiary/aromatic N) is 1. The van der Waals surface area contributed by atoms with Gasteiger partial charge in [-0.05, 0) is 19.9 Å². The molecule has 3 aromatic rings. The number of amides is 2. The van der Waals surface area contributed by atoms with Crippen LogP contribution in [0.15, 0.2) is 59.0 Å². The van der Waals surface area contributed by atoms with Gasteiger partial charge in [-0.15, -0.1) is 11.8 Å². The summed E-state index contributed by atoms with van der Waals surface area (Å²) in [7, 11) is 0. The van der Waals surface area contributed by atoms with Crippen molar-refractivity contribution < 1.29 is 53.5 Å². The Balaban J connectivity index is 0.00000245. The first-order chi connectivity index (χ1) is 14.8. The van der Waals surface area contributed by atoms with Gasteiger partial charge in [-0.1, -0.05) is 48.5 Å². The number of hydrogen-bond acceptors (Lipinski definition) is 6. The number of aliphatic carboxylic acids is 1. The normalized spacial score (nSPS) is 23.2. The number of hydrogen-bond donors (Lipinski definition) is 1. The maximum atomic E-state index is 13.3. The third-order valence-electron chi connectivity index (χ3n) is 5.81. The first-order valence-electron chi connectivity index (χ1n) is 9.88. The van der Waals surface area contributed by atoms with Gasteiger partial charge in [0.25, 0.3) is 5.91 Å². The average molecular weight is 458 g/mol. The molecule has 5 rings (SSSR count). The molecule has 9 heteroatoms. The van der Waals surface area contributed by atoms with E-state index in [4.69, 9.17) is 4.42 Å². The molecule has 0 saturated carbocycles. The Morgan fingerprint density at radius 2 is 1.75 bits per heavy atom. The van der Waals surface area contributed by atoms with Crippen LogP contribution >= 0.6 is 11.8 Å². The van der Waals surface area contributed by atoms with Crippen LogP contribution in [0, 0.1) is 0 Å². The number of fused-ring (bicyclic) bond motifs is 2. The van der Waals surface area contributed by atoms with E-state index in [9.17, 15) is 19.5 Å². The molecule has 2 amide bonds. The van der Waals surface area contributed by atoms with Crippen LogP contribution in [0.25, 0.3) is 22.3 Å². The minimum atomic E-state index is -1.29. The number of carbonyl (C=O) groups is 3. The minimum Gasteiger partial charge on any atom is -0.548 e. The number of carbonyl (C=O) groups excluding carboxylic acids is 3. The molecule has 0 spiro atoms. The molecule has 2 aromatic carbocycles. The van der Waals surface area contributed by atoms with E-state index in [-0.39, 0.29) is 29.6 Å². The Hall–Kier alpha value is -2.26. The summed E-state index contributed by atoms with van der Waals surface area (Å²) >= 11 is 1.36. The Morgan fingerprint density at radius 1 is 1.09 bits per heavy atom. The van der Waals surface area contributed by atoms with Gasteiger partial charge in [0.05, 0.1) is 17.6 Å². The van der Waals surface area contributed by atoms with Gasteiger partial charge in [0.1, 0.15) is 22.8 Å². The summed E-state index contributed by atoms with van der Waals surface area (Å²) in [5, 5.41) is 14.6. The average Bonchev–Trinajstić information content (AvgIpc) is 3.25. The third kappa shape index (κ3) is 3.46. The molecule has 1 N–H and O–H groups in total. The number of benzene rings is 2. The third-order valence-corrected chi connectivity index (χ3v) is 7.38. The fourth-order valence-electron chi connectivity index (χ4n) is 4.40. The summed E-state index contributed by atoms with van der Waals surface area (Å²) in [6, 6.07) is 14.7. The summed E-state index contributed by atoms with van der Waals surface area (Å²) in [6.07, 6.45) is 0. The topological polar surface area (TPSA) is 103 Å². The van der Waals surface area contributed by atoms with Gasteiger partial charge in [0.2, 0.25) is 5.91 Å². The van der Waals surface area contributed by atoms with Gasteiger partial charge in [0.15, 0.2) is 0 Å². The molecule has 0 radical (unpaired) electrons. The van der Waals surface area contributed by atoms with Gasteiger partial charge in [0, 0.05) is 15.7 Å². The molecule has 0 aliphatic carbocycles. The van der Waals surface area contributed by atoms with Crippen molar-refractivity contribution in [1.29, 1.82) is 0 Å². The number of β-lactam (4-membered cyclic amide) rings is 1. The first kappa shape index (κ1) is 22.9. The Morgan fingerprint density at radius 3 is 2.44 bits per heavy atom. The van der Waals surface area contributed by atoms with Crippen molar-refractivity contribution in [2.45, 2.75) is 36.1 Å². The van der Waals surface area contributed by atoms with Gasteiger partial charge in [-0.25, -0.2) is 0 Å². The summed E-state index contributed by atoms with van der Waals surface area (Å²) in [4.78, 5) is 39.0. The summed E-state index contributed by atoms with van der Waals surface area (Å²) in [6.45, 7) is 3.53. The standard InChI is InChI=1S/C23H20N2O5S.Na/c1-23(2)18(22(28)29)25-20(27)16(21(25)31-23)24-19(26)15-13-10-6-7-11-14(13)30-17(15)12-8-4-3-5-9-12;/h3-11,16,18,21H,1-2H3,(H,24,26)(H,28,29);/q;+1/p-1. The summed E-state index contributed by atoms with van der Waals surface area (Å²) in [5.74, 6) is -1.71. The molecular formula is C23H19N2NaO5S. The van der Waals surface area contributed by atoms with E-state index in [2.05, 4.69) is 5.32 Å². The zero-order valence-electron chi connectivity index (χ0n) is 17.8. The number of furan rings is 1. The number of nitrogens with one attached hydrogen (secondary N) is 1. The van der Waals surface area contributed by atoms with Crippen LogP contribution in [0.2, 0.25) is 0 Å². The second-order valence-corrected chi connectivity index (χ2v) is 9.97. The van der Waals surface area contributed by atoms with Crippen LogP contribution in [0.4, 0.5) is 0 Å². The van der Waals surface area contributed by atoms with Crippen molar-refractivity contribution in [3.63, 3.8) is 0 Å². The molecule has 1 aromatic heterocycles. The maximum absolute atomic E-state index is 13.3. The SMILES string of the molecule is CC1(C)SC2C(NC(=O)c3c(-c4ccccc4)oc4ccccc34)C(=O)N2C1C(=O)[O-].[Na+]. The van der Waals surface area contributed by atoms with Crippen LogP contribution in [-0.4, -0.2) is 44.9 Å². The van der Waals surface area contributed by atoms with E-state index in [1.54, 1.807) is 26.0 Å². The van der Waals surface area contributed by atoms with Crippen molar-refractivity contribution in [3.8, 4) is 11.3 Å². The predicted octanol–water partition coefficient (Wildman–Crippen LogP) is -0.986. The van der Waals surface area contributed by atoms with Gasteiger partial charge >= 0.3 is 29.6 Å². The molecule has 32 heavy (non-hydrogen) atoms. The Kier molecular flexibility index (Phi) is 5.92. The smallest absolute Gasteiger partial charge is 0.548 e. The molecule has 2 saturated heterocycles. The monoisotopic (exact) mass is 458 g/mol. The van der Waals surface area contributed by atoms with Crippen LogP contribution in [0.1, 0.15) is 24.2 Å². The first-order valence-corrected chi connectivity index (χ1v) is 10.8.